The van der Waals surface area contributed by atoms with Gasteiger partial charge in [-0.25, -0.2) is 0 Å². The first-order valence-electron chi connectivity index (χ1n) is 6.59. The molecular formula is C14H19N3O2. The van der Waals surface area contributed by atoms with Crippen LogP contribution in [0.2, 0.25) is 0 Å². The zero-order valence-corrected chi connectivity index (χ0v) is 10.8. The predicted octanol–water partition coefficient (Wildman–Crippen LogP) is 0.285. The van der Waals surface area contributed by atoms with E-state index in [2.05, 4.69) is 16.0 Å². The SMILES string of the molecule is O=C(CNC(=O)c1ccccc1)NC1CCNCC1. The first-order valence-corrected chi connectivity index (χ1v) is 6.59. The fraction of sp³-hybridized carbons (Fsp3) is 0.429. The lowest BCUT2D eigenvalue weighted by Crippen LogP contribution is -2.46. The Labute approximate surface area is 112 Å². The summed E-state index contributed by atoms with van der Waals surface area (Å²) in [5.74, 6) is -0.350. The molecule has 0 unspecified atom stereocenters. The van der Waals surface area contributed by atoms with Crippen LogP contribution in [0.5, 0.6) is 0 Å². The molecule has 1 aliphatic rings. The maximum Gasteiger partial charge on any atom is 0.251 e. The number of carbonyl (C=O) groups excluding carboxylic acids is 2. The summed E-state index contributed by atoms with van der Waals surface area (Å²) in [5, 5.41) is 8.79. The summed E-state index contributed by atoms with van der Waals surface area (Å²) in [6.45, 7) is 1.89. The van der Waals surface area contributed by atoms with Crippen molar-refractivity contribution in [2.24, 2.45) is 0 Å². The van der Waals surface area contributed by atoms with Crippen LogP contribution in [-0.4, -0.2) is 37.5 Å². The van der Waals surface area contributed by atoms with E-state index >= 15 is 0 Å². The number of hydrogen-bond donors (Lipinski definition) is 3. The quantitative estimate of drug-likeness (QED) is 0.729. The van der Waals surface area contributed by atoms with Crippen molar-refractivity contribution in [1.82, 2.24) is 16.0 Å². The molecule has 1 fully saturated rings. The van der Waals surface area contributed by atoms with Gasteiger partial charge < -0.3 is 16.0 Å². The van der Waals surface area contributed by atoms with Crippen molar-refractivity contribution in [3.63, 3.8) is 0 Å². The second kappa shape index (κ2) is 6.89. The molecule has 19 heavy (non-hydrogen) atoms. The summed E-state index contributed by atoms with van der Waals surface area (Å²) in [7, 11) is 0. The molecule has 2 amide bonds. The van der Waals surface area contributed by atoms with Crippen molar-refractivity contribution in [3.8, 4) is 0 Å². The van der Waals surface area contributed by atoms with Gasteiger partial charge >= 0.3 is 0 Å². The van der Waals surface area contributed by atoms with Crippen LogP contribution in [0.3, 0.4) is 0 Å². The fourth-order valence-corrected chi connectivity index (χ4v) is 2.10. The third-order valence-corrected chi connectivity index (χ3v) is 3.15. The van der Waals surface area contributed by atoms with Gasteiger partial charge in [0.25, 0.3) is 5.91 Å². The lowest BCUT2D eigenvalue weighted by atomic mass is 10.1. The largest absolute Gasteiger partial charge is 0.352 e. The minimum Gasteiger partial charge on any atom is -0.352 e. The Morgan fingerprint density at radius 3 is 2.53 bits per heavy atom. The highest BCUT2D eigenvalue weighted by atomic mass is 16.2. The van der Waals surface area contributed by atoms with Crippen molar-refractivity contribution in [3.05, 3.63) is 35.9 Å². The number of carbonyl (C=O) groups is 2. The van der Waals surface area contributed by atoms with Crippen molar-refractivity contribution in [2.45, 2.75) is 18.9 Å². The zero-order valence-electron chi connectivity index (χ0n) is 10.8. The Kier molecular flexibility index (Phi) is 4.92. The molecule has 5 nitrogen and oxygen atoms in total. The molecule has 0 spiro atoms. The molecule has 0 aromatic heterocycles. The fourth-order valence-electron chi connectivity index (χ4n) is 2.10. The summed E-state index contributed by atoms with van der Waals surface area (Å²) in [6.07, 6.45) is 1.89. The van der Waals surface area contributed by atoms with E-state index in [4.69, 9.17) is 0 Å². The highest BCUT2D eigenvalue weighted by Gasteiger charge is 2.15. The molecule has 1 saturated heterocycles. The van der Waals surface area contributed by atoms with E-state index < -0.39 is 0 Å². The van der Waals surface area contributed by atoms with Crippen molar-refractivity contribution < 1.29 is 9.59 Å². The van der Waals surface area contributed by atoms with Gasteiger partial charge in [-0.05, 0) is 38.1 Å². The molecule has 1 aliphatic heterocycles. The van der Waals surface area contributed by atoms with Crippen LogP contribution in [0.4, 0.5) is 0 Å². The van der Waals surface area contributed by atoms with E-state index in [9.17, 15) is 9.59 Å². The molecule has 0 saturated carbocycles. The molecule has 3 N–H and O–H groups in total. The summed E-state index contributed by atoms with van der Waals surface area (Å²) in [4.78, 5) is 23.4. The molecule has 0 bridgehead atoms. The van der Waals surface area contributed by atoms with Crippen LogP contribution in [0.1, 0.15) is 23.2 Å². The maximum atomic E-state index is 11.7. The first-order chi connectivity index (χ1) is 9.25. The van der Waals surface area contributed by atoms with E-state index in [1.165, 1.54) is 0 Å². The van der Waals surface area contributed by atoms with Gasteiger partial charge in [0.15, 0.2) is 0 Å². The summed E-state index contributed by atoms with van der Waals surface area (Å²) >= 11 is 0. The molecule has 1 aromatic rings. The van der Waals surface area contributed by atoms with E-state index in [-0.39, 0.29) is 24.4 Å². The minimum atomic E-state index is -0.221. The molecule has 1 aromatic carbocycles. The average molecular weight is 261 g/mol. The number of benzene rings is 1. The van der Waals surface area contributed by atoms with Crippen LogP contribution >= 0.6 is 0 Å². The minimum absolute atomic E-state index is 0.0255. The lowest BCUT2D eigenvalue weighted by molar-refractivity contribution is -0.121. The molecule has 102 valence electrons. The molecular weight excluding hydrogens is 242 g/mol. The standard InChI is InChI=1S/C14H19N3O2/c18-13(17-12-6-8-15-9-7-12)10-16-14(19)11-4-2-1-3-5-11/h1-5,12,15H,6-10H2,(H,16,19)(H,17,18). The molecule has 0 radical (unpaired) electrons. The Morgan fingerprint density at radius 2 is 1.84 bits per heavy atom. The van der Waals surface area contributed by atoms with Crippen LogP contribution in [-0.2, 0) is 4.79 Å². The van der Waals surface area contributed by atoms with Crippen molar-refractivity contribution >= 4 is 11.8 Å². The highest BCUT2D eigenvalue weighted by Crippen LogP contribution is 2.01. The monoisotopic (exact) mass is 261 g/mol. The van der Waals surface area contributed by atoms with Gasteiger partial charge in [0.2, 0.25) is 5.91 Å². The Hall–Kier alpha value is -1.88. The smallest absolute Gasteiger partial charge is 0.251 e. The second-order valence-corrected chi connectivity index (χ2v) is 4.64. The van der Waals surface area contributed by atoms with Crippen LogP contribution in [0, 0.1) is 0 Å². The number of hydrogen-bond acceptors (Lipinski definition) is 3. The van der Waals surface area contributed by atoms with E-state index in [0.29, 0.717) is 5.56 Å². The maximum absolute atomic E-state index is 11.7. The predicted molar refractivity (Wildman–Crippen MR) is 72.8 cm³/mol. The third-order valence-electron chi connectivity index (χ3n) is 3.15. The Bertz CT molecular complexity index is 428. The lowest BCUT2D eigenvalue weighted by Gasteiger charge is -2.23. The molecule has 0 aliphatic carbocycles. The average Bonchev–Trinajstić information content (AvgIpc) is 2.47. The molecule has 2 rings (SSSR count). The molecule has 1 heterocycles. The van der Waals surface area contributed by atoms with Gasteiger partial charge in [-0.2, -0.15) is 0 Å². The zero-order chi connectivity index (χ0) is 13.5. The number of nitrogens with one attached hydrogen (secondary N) is 3. The Morgan fingerprint density at radius 1 is 1.16 bits per heavy atom. The van der Waals surface area contributed by atoms with Gasteiger partial charge in [0, 0.05) is 11.6 Å². The number of piperidine rings is 1. The van der Waals surface area contributed by atoms with Gasteiger partial charge in [0.05, 0.1) is 6.54 Å². The van der Waals surface area contributed by atoms with E-state index in [0.717, 1.165) is 25.9 Å². The van der Waals surface area contributed by atoms with E-state index in [1.807, 2.05) is 6.07 Å². The molecule has 5 heteroatoms. The van der Waals surface area contributed by atoms with E-state index in [1.54, 1.807) is 24.3 Å². The second-order valence-electron chi connectivity index (χ2n) is 4.64. The first kappa shape index (κ1) is 13.5. The highest BCUT2D eigenvalue weighted by molar-refractivity contribution is 5.96. The van der Waals surface area contributed by atoms with Crippen LogP contribution in [0.15, 0.2) is 30.3 Å². The van der Waals surface area contributed by atoms with Crippen molar-refractivity contribution in [2.75, 3.05) is 19.6 Å². The third kappa shape index (κ3) is 4.37. The van der Waals surface area contributed by atoms with Crippen molar-refractivity contribution in [1.29, 1.82) is 0 Å². The van der Waals surface area contributed by atoms with Crippen LogP contribution in [0.25, 0.3) is 0 Å². The number of amides is 2. The van der Waals surface area contributed by atoms with Gasteiger partial charge in [0.1, 0.15) is 0 Å². The van der Waals surface area contributed by atoms with Crippen LogP contribution < -0.4 is 16.0 Å². The topological polar surface area (TPSA) is 70.2 Å². The number of rotatable bonds is 4. The summed E-state index contributed by atoms with van der Waals surface area (Å²) in [5.41, 5.74) is 0.567. The molecule has 0 atom stereocenters. The normalized spacial score (nSPS) is 15.8. The Balaban J connectivity index is 1.72. The van der Waals surface area contributed by atoms with Gasteiger partial charge in [-0.1, -0.05) is 18.2 Å². The van der Waals surface area contributed by atoms with Gasteiger partial charge in [-0.3, -0.25) is 9.59 Å². The summed E-state index contributed by atoms with van der Waals surface area (Å²) in [6, 6.07) is 9.11. The van der Waals surface area contributed by atoms with Gasteiger partial charge in [-0.15, -0.1) is 0 Å². The summed E-state index contributed by atoms with van der Waals surface area (Å²) < 4.78 is 0.